The summed E-state index contributed by atoms with van der Waals surface area (Å²) in [5.41, 5.74) is 1.60. The molecule has 2 aromatic carbocycles. The molecule has 0 heterocycles. The standard InChI is InChI=1S/C13H10NO3/c15-8-14-11-7-9(5-6-13(11)17)10-3-1-2-4-12(10)16/h1,3-8,16-17H,(H,14,15). The van der Waals surface area contributed by atoms with Crippen LogP contribution in [-0.4, -0.2) is 16.6 Å². The summed E-state index contributed by atoms with van der Waals surface area (Å²) in [4.78, 5) is 10.4. The molecule has 0 aliphatic rings. The van der Waals surface area contributed by atoms with Gasteiger partial charge >= 0.3 is 0 Å². The highest BCUT2D eigenvalue weighted by Gasteiger charge is 2.06. The van der Waals surface area contributed by atoms with Crippen LogP contribution in [0.2, 0.25) is 0 Å². The van der Waals surface area contributed by atoms with Gasteiger partial charge in [0.05, 0.1) is 5.69 Å². The second-order valence-electron chi connectivity index (χ2n) is 3.44. The number of hydrogen-bond acceptors (Lipinski definition) is 3. The van der Waals surface area contributed by atoms with Crippen LogP contribution in [0.1, 0.15) is 0 Å². The summed E-state index contributed by atoms with van der Waals surface area (Å²) < 4.78 is 0. The van der Waals surface area contributed by atoms with Crippen molar-refractivity contribution in [2.75, 3.05) is 5.32 Å². The first-order chi connectivity index (χ1) is 8.22. The molecule has 4 heteroatoms. The predicted molar refractivity (Wildman–Crippen MR) is 63.7 cm³/mol. The number of aromatic hydroxyl groups is 2. The molecule has 2 rings (SSSR count). The van der Waals surface area contributed by atoms with E-state index in [0.717, 1.165) is 0 Å². The van der Waals surface area contributed by atoms with Crippen molar-refractivity contribution in [1.82, 2.24) is 0 Å². The quantitative estimate of drug-likeness (QED) is 0.556. The average Bonchev–Trinajstić information content (AvgIpc) is 2.33. The van der Waals surface area contributed by atoms with Crippen molar-refractivity contribution in [3.63, 3.8) is 0 Å². The van der Waals surface area contributed by atoms with Crippen molar-refractivity contribution in [1.29, 1.82) is 0 Å². The number of hydrogen-bond donors (Lipinski definition) is 3. The second kappa shape index (κ2) is 4.57. The van der Waals surface area contributed by atoms with E-state index in [1.165, 1.54) is 12.1 Å². The first-order valence-electron chi connectivity index (χ1n) is 4.95. The van der Waals surface area contributed by atoms with E-state index in [1.807, 2.05) is 0 Å². The van der Waals surface area contributed by atoms with E-state index >= 15 is 0 Å². The molecule has 0 spiro atoms. The molecule has 1 radical (unpaired) electrons. The Morgan fingerprint density at radius 1 is 1.18 bits per heavy atom. The monoisotopic (exact) mass is 228 g/mol. The van der Waals surface area contributed by atoms with Crippen LogP contribution in [0, 0.1) is 6.07 Å². The third-order valence-electron chi connectivity index (χ3n) is 2.36. The van der Waals surface area contributed by atoms with Gasteiger partial charge in [0, 0.05) is 5.56 Å². The maximum atomic E-state index is 10.4. The summed E-state index contributed by atoms with van der Waals surface area (Å²) in [5.74, 6) is 0.0677. The molecule has 0 saturated carbocycles. The number of carbonyl (C=O) groups is 1. The van der Waals surface area contributed by atoms with Crippen molar-refractivity contribution in [2.45, 2.75) is 0 Å². The van der Waals surface area contributed by atoms with Crippen molar-refractivity contribution >= 4 is 12.1 Å². The number of amides is 1. The normalized spacial score (nSPS) is 9.88. The van der Waals surface area contributed by atoms with Crippen LogP contribution in [0.3, 0.4) is 0 Å². The molecule has 0 atom stereocenters. The van der Waals surface area contributed by atoms with Crippen molar-refractivity contribution in [3.05, 3.63) is 42.5 Å². The third kappa shape index (κ3) is 2.20. The lowest BCUT2D eigenvalue weighted by molar-refractivity contribution is -0.105. The fourth-order valence-electron chi connectivity index (χ4n) is 1.55. The van der Waals surface area contributed by atoms with Gasteiger partial charge in [-0.25, -0.2) is 0 Å². The zero-order valence-electron chi connectivity index (χ0n) is 8.84. The fraction of sp³-hybridized carbons (Fsp3) is 0. The van der Waals surface area contributed by atoms with E-state index in [2.05, 4.69) is 11.4 Å². The Kier molecular flexibility index (Phi) is 2.96. The molecule has 4 nitrogen and oxygen atoms in total. The summed E-state index contributed by atoms with van der Waals surface area (Å²) in [6.07, 6.45) is 0.484. The van der Waals surface area contributed by atoms with Gasteiger partial charge in [0.25, 0.3) is 0 Å². The Hall–Kier alpha value is -2.49. The maximum absolute atomic E-state index is 10.4. The zero-order chi connectivity index (χ0) is 12.3. The Labute approximate surface area is 98.2 Å². The minimum atomic E-state index is -0.0252. The Balaban J connectivity index is 2.50. The van der Waals surface area contributed by atoms with E-state index in [1.54, 1.807) is 24.3 Å². The lowest BCUT2D eigenvalue weighted by atomic mass is 10.0. The molecule has 0 aliphatic carbocycles. The highest BCUT2D eigenvalue weighted by Crippen LogP contribution is 2.33. The molecule has 0 aliphatic heterocycles. The van der Waals surface area contributed by atoms with Gasteiger partial charge in [-0.05, 0) is 29.8 Å². The van der Waals surface area contributed by atoms with E-state index < -0.39 is 0 Å². The second-order valence-corrected chi connectivity index (χ2v) is 3.44. The van der Waals surface area contributed by atoms with Gasteiger partial charge in [0.1, 0.15) is 11.5 Å². The molecular weight excluding hydrogens is 218 g/mol. The summed E-state index contributed by atoms with van der Waals surface area (Å²) >= 11 is 0. The van der Waals surface area contributed by atoms with Crippen molar-refractivity contribution in [3.8, 4) is 22.6 Å². The van der Waals surface area contributed by atoms with Gasteiger partial charge in [-0.3, -0.25) is 4.79 Å². The lowest BCUT2D eigenvalue weighted by Crippen LogP contribution is -1.94. The molecule has 3 N–H and O–H groups in total. The molecule has 0 unspecified atom stereocenters. The molecule has 0 bridgehead atoms. The van der Waals surface area contributed by atoms with Crippen LogP contribution in [0.15, 0.2) is 36.4 Å². The van der Waals surface area contributed by atoms with Crippen LogP contribution < -0.4 is 5.32 Å². The SMILES string of the molecule is O=CNc1cc(-c2cc[c]cc2O)ccc1O. The molecule has 85 valence electrons. The van der Waals surface area contributed by atoms with Crippen LogP contribution in [0.25, 0.3) is 11.1 Å². The molecule has 0 saturated heterocycles. The third-order valence-corrected chi connectivity index (χ3v) is 2.36. The largest absolute Gasteiger partial charge is 0.507 e. The van der Waals surface area contributed by atoms with Crippen LogP contribution in [0.4, 0.5) is 5.69 Å². The number of nitrogens with one attached hydrogen (secondary N) is 1. The highest BCUT2D eigenvalue weighted by atomic mass is 16.3. The molecule has 1 amide bonds. The van der Waals surface area contributed by atoms with Gasteiger partial charge in [0.15, 0.2) is 0 Å². The van der Waals surface area contributed by atoms with Crippen LogP contribution in [-0.2, 0) is 4.79 Å². The molecular formula is C13H10NO3. The van der Waals surface area contributed by atoms with Crippen LogP contribution >= 0.6 is 0 Å². The van der Waals surface area contributed by atoms with Gasteiger partial charge in [-0.1, -0.05) is 18.2 Å². The zero-order valence-corrected chi connectivity index (χ0v) is 8.84. The molecule has 0 fully saturated rings. The van der Waals surface area contributed by atoms with Gasteiger partial charge in [-0.15, -0.1) is 0 Å². The first kappa shape index (κ1) is 11.0. The van der Waals surface area contributed by atoms with E-state index in [9.17, 15) is 15.0 Å². The number of rotatable bonds is 3. The smallest absolute Gasteiger partial charge is 0.211 e. The Morgan fingerprint density at radius 2 is 2.00 bits per heavy atom. The Bertz CT molecular complexity index is 552. The van der Waals surface area contributed by atoms with Gasteiger partial charge < -0.3 is 15.5 Å². The molecule has 2 aromatic rings. The number of anilines is 1. The number of phenols is 2. The first-order valence-corrected chi connectivity index (χ1v) is 4.95. The maximum Gasteiger partial charge on any atom is 0.211 e. The summed E-state index contributed by atoms with van der Waals surface area (Å²) in [5, 5.41) is 21.5. The van der Waals surface area contributed by atoms with Crippen LogP contribution in [0.5, 0.6) is 11.5 Å². The number of carbonyl (C=O) groups excluding carboxylic acids is 1. The Morgan fingerprint density at radius 3 is 2.71 bits per heavy atom. The van der Waals surface area contributed by atoms with Crippen molar-refractivity contribution in [2.24, 2.45) is 0 Å². The lowest BCUT2D eigenvalue weighted by Gasteiger charge is -2.08. The minimum Gasteiger partial charge on any atom is -0.507 e. The number of phenolic OH excluding ortho intramolecular Hbond substituents is 2. The van der Waals surface area contributed by atoms with E-state index in [0.29, 0.717) is 23.2 Å². The van der Waals surface area contributed by atoms with Gasteiger partial charge in [-0.2, -0.15) is 0 Å². The number of benzene rings is 2. The van der Waals surface area contributed by atoms with Crippen molar-refractivity contribution < 1.29 is 15.0 Å². The summed E-state index contributed by atoms with van der Waals surface area (Å²) in [7, 11) is 0. The van der Waals surface area contributed by atoms with E-state index in [-0.39, 0.29) is 11.5 Å². The summed E-state index contributed by atoms with van der Waals surface area (Å²) in [6.45, 7) is 0. The molecule has 0 aromatic heterocycles. The molecule has 17 heavy (non-hydrogen) atoms. The van der Waals surface area contributed by atoms with Gasteiger partial charge in [0.2, 0.25) is 6.41 Å². The highest BCUT2D eigenvalue weighted by molar-refractivity contribution is 5.81. The predicted octanol–water partition coefficient (Wildman–Crippen LogP) is 2.13. The van der Waals surface area contributed by atoms with E-state index in [4.69, 9.17) is 0 Å². The summed E-state index contributed by atoms with van der Waals surface area (Å²) in [6, 6.07) is 12.3. The average molecular weight is 228 g/mol. The topological polar surface area (TPSA) is 69.6 Å². The fourth-order valence-corrected chi connectivity index (χ4v) is 1.55. The minimum absolute atomic E-state index is 0.0252.